The van der Waals surface area contributed by atoms with Gasteiger partial charge in [-0.15, -0.1) is 0 Å². The molecule has 0 atom stereocenters. The number of hydrogen-bond donors (Lipinski definition) is 1. The Kier molecular flexibility index (Phi) is 5.71. The minimum atomic E-state index is -3.49. The molecular weight excluding hydrogens is 296 g/mol. The second kappa shape index (κ2) is 7.07. The minimum Gasteiger partial charge on any atom is -0.465 e. The zero-order valence-electron chi connectivity index (χ0n) is 12.1. The summed E-state index contributed by atoms with van der Waals surface area (Å²) in [5.74, 6) is -0.727. The first kappa shape index (κ1) is 17.0. The molecule has 1 aromatic carbocycles. The number of benzene rings is 1. The molecule has 0 radical (unpaired) electrons. The van der Waals surface area contributed by atoms with Crippen LogP contribution in [0.1, 0.15) is 17.3 Å². The number of rotatable bonds is 6. The van der Waals surface area contributed by atoms with Crippen molar-refractivity contribution in [3.05, 3.63) is 29.8 Å². The molecule has 1 N–H and O–H groups in total. The van der Waals surface area contributed by atoms with Crippen LogP contribution in [0.4, 0.5) is 5.69 Å². The molecule has 0 spiro atoms. The summed E-state index contributed by atoms with van der Waals surface area (Å²) in [5.41, 5.74) is 0.743. The van der Waals surface area contributed by atoms with Crippen molar-refractivity contribution in [1.29, 1.82) is 0 Å². The van der Waals surface area contributed by atoms with Gasteiger partial charge >= 0.3 is 5.97 Å². The number of sulfonamides is 1. The first-order valence-electron chi connectivity index (χ1n) is 6.16. The summed E-state index contributed by atoms with van der Waals surface area (Å²) in [4.78, 5) is 22.2. The van der Waals surface area contributed by atoms with Gasteiger partial charge in [0.25, 0.3) is 0 Å². The lowest BCUT2D eigenvalue weighted by molar-refractivity contribution is -0.118. The van der Waals surface area contributed by atoms with Gasteiger partial charge in [0.1, 0.15) is 0 Å². The highest BCUT2D eigenvalue weighted by molar-refractivity contribution is 7.92. The lowest BCUT2D eigenvalue weighted by Gasteiger charge is -2.22. The van der Waals surface area contributed by atoms with Gasteiger partial charge < -0.3 is 10.1 Å². The molecule has 0 aliphatic carbocycles. The van der Waals surface area contributed by atoms with Gasteiger partial charge in [-0.1, -0.05) is 0 Å². The first-order chi connectivity index (χ1) is 9.75. The van der Waals surface area contributed by atoms with Crippen molar-refractivity contribution in [2.45, 2.75) is 6.92 Å². The summed E-state index contributed by atoms with van der Waals surface area (Å²) in [5, 5.41) is 2.54. The SMILES string of the molecule is COC(=O)c1ccc(N(CCNC(C)=O)S(C)(=O)=O)cc1. The molecule has 0 aliphatic heterocycles. The van der Waals surface area contributed by atoms with E-state index in [-0.39, 0.29) is 19.0 Å². The van der Waals surface area contributed by atoms with E-state index in [2.05, 4.69) is 10.1 Å². The quantitative estimate of drug-likeness (QED) is 0.766. The van der Waals surface area contributed by atoms with Crippen molar-refractivity contribution in [3.63, 3.8) is 0 Å². The summed E-state index contributed by atoms with van der Waals surface area (Å²) in [6, 6.07) is 6.00. The van der Waals surface area contributed by atoms with Crippen LogP contribution in [0, 0.1) is 0 Å². The second-order valence-corrected chi connectivity index (χ2v) is 6.26. The van der Waals surface area contributed by atoms with Crippen molar-refractivity contribution in [3.8, 4) is 0 Å². The van der Waals surface area contributed by atoms with Crippen molar-refractivity contribution >= 4 is 27.6 Å². The number of carbonyl (C=O) groups is 2. The van der Waals surface area contributed by atoms with Crippen molar-refractivity contribution in [1.82, 2.24) is 5.32 Å². The highest BCUT2D eigenvalue weighted by atomic mass is 32.2. The van der Waals surface area contributed by atoms with Crippen molar-refractivity contribution < 1.29 is 22.7 Å². The average Bonchev–Trinajstić information content (AvgIpc) is 2.41. The van der Waals surface area contributed by atoms with Crippen LogP contribution in [0.15, 0.2) is 24.3 Å². The number of hydrogen-bond acceptors (Lipinski definition) is 5. The largest absolute Gasteiger partial charge is 0.465 e. The Morgan fingerprint density at radius 1 is 1.24 bits per heavy atom. The molecule has 1 rings (SSSR count). The van der Waals surface area contributed by atoms with Crippen molar-refractivity contribution in [2.75, 3.05) is 30.8 Å². The predicted octanol–water partition coefficient (Wildman–Crippen LogP) is 0.375. The Hall–Kier alpha value is -2.09. The molecule has 1 amide bonds. The Morgan fingerprint density at radius 3 is 2.24 bits per heavy atom. The Balaban J connectivity index is 2.94. The zero-order chi connectivity index (χ0) is 16.0. The topological polar surface area (TPSA) is 92.8 Å². The van der Waals surface area contributed by atoms with Gasteiger partial charge in [-0.25, -0.2) is 13.2 Å². The fourth-order valence-electron chi connectivity index (χ4n) is 1.70. The standard InChI is InChI=1S/C13H18N2O5S/c1-10(16)14-8-9-15(21(3,18)19)12-6-4-11(5-7-12)13(17)20-2/h4-7H,8-9H2,1-3H3,(H,14,16). The third kappa shape index (κ3) is 5.07. The number of methoxy groups -OCH3 is 1. The van der Waals surface area contributed by atoms with Gasteiger partial charge in [0.05, 0.1) is 31.2 Å². The van der Waals surface area contributed by atoms with Gasteiger partial charge in [-0.2, -0.15) is 0 Å². The number of amides is 1. The highest BCUT2D eigenvalue weighted by Crippen LogP contribution is 2.18. The van der Waals surface area contributed by atoms with E-state index in [0.717, 1.165) is 10.6 Å². The van der Waals surface area contributed by atoms with Crippen LogP contribution >= 0.6 is 0 Å². The molecule has 0 aromatic heterocycles. The smallest absolute Gasteiger partial charge is 0.337 e. The molecule has 1 aromatic rings. The molecule has 0 saturated heterocycles. The molecule has 21 heavy (non-hydrogen) atoms. The molecule has 0 heterocycles. The molecule has 8 heteroatoms. The average molecular weight is 314 g/mol. The summed E-state index contributed by atoms with van der Waals surface area (Å²) in [7, 11) is -2.22. The fraction of sp³-hybridized carbons (Fsp3) is 0.385. The van der Waals surface area contributed by atoms with Gasteiger partial charge in [-0.05, 0) is 24.3 Å². The normalized spacial score (nSPS) is 10.8. The van der Waals surface area contributed by atoms with Crippen LogP contribution in [0.5, 0.6) is 0 Å². The number of nitrogens with one attached hydrogen (secondary N) is 1. The van der Waals surface area contributed by atoms with E-state index in [9.17, 15) is 18.0 Å². The fourth-order valence-corrected chi connectivity index (χ4v) is 2.63. The molecule has 0 bridgehead atoms. The van der Waals surface area contributed by atoms with Crippen molar-refractivity contribution in [2.24, 2.45) is 0 Å². The van der Waals surface area contributed by atoms with Crippen LogP contribution in [0.3, 0.4) is 0 Å². The first-order valence-corrected chi connectivity index (χ1v) is 8.01. The molecule has 7 nitrogen and oxygen atoms in total. The zero-order valence-corrected chi connectivity index (χ0v) is 12.9. The van der Waals surface area contributed by atoms with Crippen LogP contribution in [-0.4, -0.2) is 46.7 Å². The Bertz CT molecular complexity index is 610. The summed E-state index contributed by atoms with van der Waals surface area (Å²) < 4.78 is 29.3. The number of carbonyl (C=O) groups excluding carboxylic acids is 2. The third-order valence-electron chi connectivity index (χ3n) is 2.67. The highest BCUT2D eigenvalue weighted by Gasteiger charge is 2.17. The van der Waals surface area contributed by atoms with Crippen LogP contribution in [0.2, 0.25) is 0 Å². The Morgan fingerprint density at radius 2 is 1.81 bits per heavy atom. The monoisotopic (exact) mass is 314 g/mol. The van der Waals surface area contributed by atoms with E-state index in [1.165, 1.54) is 38.3 Å². The predicted molar refractivity (Wildman–Crippen MR) is 78.7 cm³/mol. The van der Waals surface area contributed by atoms with E-state index in [4.69, 9.17) is 0 Å². The molecule has 0 saturated carbocycles. The van der Waals surface area contributed by atoms with E-state index in [1.54, 1.807) is 0 Å². The van der Waals surface area contributed by atoms with E-state index < -0.39 is 16.0 Å². The maximum atomic E-state index is 11.8. The Labute approximate surface area is 123 Å². The summed E-state index contributed by atoms with van der Waals surface area (Å²) in [6.45, 7) is 1.66. The molecule has 0 unspecified atom stereocenters. The van der Waals surface area contributed by atoms with E-state index in [1.807, 2.05) is 0 Å². The third-order valence-corrected chi connectivity index (χ3v) is 3.86. The number of esters is 1. The number of anilines is 1. The van der Waals surface area contributed by atoms with Crippen LogP contribution < -0.4 is 9.62 Å². The van der Waals surface area contributed by atoms with E-state index >= 15 is 0 Å². The molecule has 0 aliphatic rings. The molecule has 0 fully saturated rings. The summed E-state index contributed by atoms with van der Waals surface area (Å²) >= 11 is 0. The van der Waals surface area contributed by atoms with Gasteiger partial charge in [0, 0.05) is 13.5 Å². The molecule has 116 valence electrons. The lowest BCUT2D eigenvalue weighted by atomic mass is 10.2. The van der Waals surface area contributed by atoms with Gasteiger partial charge in [-0.3, -0.25) is 9.10 Å². The van der Waals surface area contributed by atoms with Gasteiger partial charge in [0.2, 0.25) is 15.9 Å². The van der Waals surface area contributed by atoms with Gasteiger partial charge in [0.15, 0.2) is 0 Å². The second-order valence-electron chi connectivity index (χ2n) is 4.36. The van der Waals surface area contributed by atoms with Crippen LogP contribution in [-0.2, 0) is 19.6 Å². The molecular formula is C13H18N2O5S. The lowest BCUT2D eigenvalue weighted by Crippen LogP contribution is -2.37. The number of nitrogens with zero attached hydrogens (tertiary/aromatic N) is 1. The number of ether oxygens (including phenoxy) is 1. The van der Waals surface area contributed by atoms with E-state index in [0.29, 0.717) is 11.3 Å². The summed E-state index contributed by atoms with van der Waals surface area (Å²) in [6.07, 6.45) is 1.08. The van der Waals surface area contributed by atoms with Crippen LogP contribution in [0.25, 0.3) is 0 Å². The maximum absolute atomic E-state index is 11.8. The minimum absolute atomic E-state index is 0.107. The maximum Gasteiger partial charge on any atom is 0.337 e.